The SMILES string of the molecule is Cc1c(C(=O)N/N=C/c2ccc(Br)cc2)nc2ccccn12. The highest BCUT2D eigenvalue weighted by Crippen LogP contribution is 2.11. The Labute approximate surface area is 135 Å². The van der Waals surface area contributed by atoms with Crippen LogP contribution in [0, 0.1) is 6.92 Å². The molecule has 6 heteroatoms. The quantitative estimate of drug-likeness (QED) is 0.578. The maximum Gasteiger partial charge on any atom is 0.291 e. The highest BCUT2D eigenvalue weighted by molar-refractivity contribution is 9.10. The largest absolute Gasteiger partial charge is 0.304 e. The number of fused-ring (bicyclic) bond motifs is 1. The fraction of sp³-hybridized carbons (Fsp3) is 0.0625. The van der Waals surface area contributed by atoms with E-state index in [1.165, 1.54) is 0 Å². The van der Waals surface area contributed by atoms with Gasteiger partial charge in [0.25, 0.3) is 5.91 Å². The molecule has 0 atom stereocenters. The number of carbonyl (C=O) groups excluding carboxylic acids is 1. The van der Waals surface area contributed by atoms with Crippen molar-refractivity contribution in [2.75, 3.05) is 0 Å². The number of amides is 1. The number of nitrogens with zero attached hydrogens (tertiary/aromatic N) is 3. The molecule has 0 saturated carbocycles. The number of benzene rings is 1. The lowest BCUT2D eigenvalue weighted by Gasteiger charge is -1.98. The number of carbonyl (C=O) groups is 1. The molecule has 3 aromatic rings. The van der Waals surface area contributed by atoms with E-state index < -0.39 is 0 Å². The van der Waals surface area contributed by atoms with Gasteiger partial charge in [0.1, 0.15) is 5.65 Å². The van der Waals surface area contributed by atoms with Gasteiger partial charge in [0.05, 0.1) is 11.9 Å². The molecule has 3 rings (SSSR count). The summed E-state index contributed by atoms with van der Waals surface area (Å²) in [4.78, 5) is 16.5. The lowest BCUT2D eigenvalue weighted by molar-refractivity contribution is 0.0950. The molecule has 0 bridgehead atoms. The maximum absolute atomic E-state index is 12.2. The van der Waals surface area contributed by atoms with Gasteiger partial charge in [-0.15, -0.1) is 0 Å². The highest BCUT2D eigenvalue weighted by Gasteiger charge is 2.14. The summed E-state index contributed by atoms with van der Waals surface area (Å²) in [5, 5.41) is 3.97. The Morgan fingerprint density at radius 1 is 1.27 bits per heavy atom. The van der Waals surface area contributed by atoms with E-state index in [2.05, 4.69) is 31.4 Å². The minimum Gasteiger partial charge on any atom is -0.304 e. The summed E-state index contributed by atoms with van der Waals surface area (Å²) in [7, 11) is 0. The molecule has 5 nitrogen and oxygen atoms in total. The monoisotopic (exact) mass is 356 g/mol. The van der Waals surface area contributed by atoms with Gasteiger partial charge in [-0.3, -0.25) is 4.79 Å². The molecular formula is C16H13BrN4O. The summed E-state index contributed by atoms with van der Waals surface area (Å²) in [6.45, 7) is 1.85. The van der Waals surface area contributed by atoms with Crippen LogP contribution in [0.25, 0.3) is 5.65 Å². The van der Waals surface area contributed by atoms with Crippen LogP contribution in [-0.2, 0) is 0 Å². The Balaban J connectivity index is 1.76. The van der Waals surface area contributed by atoms with Crippen molar-refractivity contribution in [1.82, 2.24) is 14.8 Å². The van der Waals surface area contributed by atoms with Gasteiger partial charge < -0.3 is 4.40 Å². The number of aryl methyl sites for hydroxylation is 1. The average molecular weight is 357 g/mol. The number of imidazole rings is 1. The lowest BCUT2D eigenvalue weighted by Crippen LogP contribution is -2.19. The average Bonchev–Trinajstić information content (AvgIpc) is 2.87. The van der Waals surface area contributed by atoms with Crippen LogP contribution in [0.1, 0.15) is 21.7 Å². The molecule has 110 valence electrons. The molecule has 0 radical (unpaired) electrons. The Hall–Kier alpha value is -2.47. The second kappa shape index (κ2) is 6.11. The number of nitrogens with one attached hydrogen (secondary N) is 1. The van der Waals surface area contributed by atoms with Crippen LogP contribution >= 0.6 is 15.9 Å². The molecule has 1 aromatic carbocycles. The molecule has 0 fully saturated rings. The third-order valence-corrected chi connectivity index (χ3v) is 3.76. The van der Waals surface area contributed by atoms with Crippen molar-refractivity contribution in [3.05, 3.63) is 70.1 Å². The fourth-order valence-corrected chi connectivity index (χ4v) is 2.36. The number of hydrogen-bond donors (Lipinski definition) is 1. The van der Waals surface area contributed by atoms with Crippen LogP contribution in [0.4, 0.5) is 0 Å². The Bertz CT molecular complexity index is 852. The van der Waals surface area contributed by atoms with Gasteiger partial charge in [0, 0.05) is 10.7 Å². The van der Waals surface area contributed by atoms with E-state index in [0.717, 1.165) is 21.4 Å². The van der Waals surface area contributed by atoms with Crippen LogP contribution in [-0.4, -0.2) is 21.5 Å². The van der Waals surface area contributed by atoms with E-state index in [1.54, 1.807) is 6.21 Å². The van der Waals surface area contributed by atoms with Gasteiger partial charge in [-0.05, 0) is 36.8 Å². The molecule has 0 aliphatic heterocycles. The van der Waals surface area contributed by atoms with E-state index in [-0.39, 0.29) is 5.91 Å². The zero-order valence-corrected chi connectivity index (χ0v) is 13.4. The first-order valence-corrected chi connectivity index (χ1v) is 7.47. The van der Waals surface area contributed by atoms with Gasteiger partial charge in [0.15, 0.2) is 5.69 Å². The van der Waals surface area contributed by atoms with Crippen LogP contribution in [0.15, 0.2) is 58.2 Å². The van der Waals surface area contributed by atoms with E-state index in [0.29, 0.717) is 5.69 Å². The predicted octanol–water partition coefficient (Wildman–Crippen LogP) is 3.17. The van der Waals surface area contributed by atoms with Crippen molar-refractivity contribution < 1.29 is 4.79 Å². The summed E-state index contributed by atoms with van der Waals surface area (Å²) in [6, 6.07) is 13.3. The molecule has 1 amide bonds. The second-order valence-corrected chi connectivity index (χ2v) is 5.64. The molecule has 1 N–H and O–H groups in total. The molecule has 0 aliphatic carbocycles. The molecule has 0 unspecified atom stereocenters. The number of halogens is 1. The van der Waals surface area contributed by atoms with Crippen molar-refractivity contribution in [3.8, 4) is 0 Å². The molecule has 0 aliphatic rings. The Morgan fingerprint density at radius 3 is 2.77 bits per heavy atom. The topological polar surface area (TPSA) is 58.8 Å². The van der Waals surface area contributed by atoms with Crippen molar-refractivity contribution in [1.29, 1.82) is 0 Å². The van der Waals surface area contributed by atoms with E-state index in [1.807, 2.05) is 60.0 Å². The highest BCUT2D eigenvalue weighted by atomic mass is 79.9. The third kappa shape index (κ3) is 2.92. The number of rotatable bonds is 3. The predicted molar refractivity (Wildman–Crippen MR) is 89.1 cm³/mol. The summed E-state index contributed by atoms with van der Waals surface area (Å²) < 4.78 is 2.86. The molecule has 2 aromatic heterocycles. The van der Waals surface area contributed by atoms with Gasteiger partial charge in [-0.1, -0.05) is 34.1 Å². The van der Waals surface area contributed by atoms with Gasteiger partial charge in [-0.25, -0.2) is 10.4 Å². The van der Waals surface area contributed by atoms with Crippen LogP contribution in [0.3, 0.4) is 0 Å². The molecule has 2 heterocycles. The number of hydrogen-bond acceptors (Lipinski definition) is 3. The van der Waals surface area contributed by atoms with E-state index in [4.69, 9.17) is 0 Å². The van der Waals surface area contributed by atoms with E-state index >= 15 is 0 Å². The van der Waals surface area contributed by atoms with Crippen LogP contribution < -0.4 is 5.43 Å². The first-order valence-electron chi connectivity index (χ1n) is 6.68. The van der Waals surface area contributed by atoms with Crippen LogP contribution in [0.5, 0.6) is 0 Å². The van der Waals surface area contributed by atoms with Gasteiger partial charge in [0.2, 0.25) is 0 Å². The first-order chi connectivity index (χ1) is 10.6. The Morgan fingerprint density at radius 2 is 2.05 bits per heavy atom. The summed E-state index contributed by atoms with van der Waals surface area (Å²) in [5.41, 5.74) is 5.30. The zero-order chi connectivity index (χ0) is 15.5. The number of aromatic nitrogens is 2. The van der Waals surface area contributed by atoms with Gasteiger partial charge >= 0.3 is 0 Å². The standard InChI is InChI=1S/C16H13BrN4O/c1-11-15(19-14-4-2-3-9-21(11)14)16(22)20-18-10-12-5-7-13(17)8-6-12/h2-10H,1H3,(H,20,22)/b18-10+. The minimum absolute atomic E-state index is 0.324. The minimum atomic E-state index is -0.324. The molecule has 0 spiro atoms. The Kier molecular flexibility index (Phi) is 4.02. The summed E-state index contributed by atoms with van der Waals surface area (Å²) in [5.74, 6) is -0.324. The smallest absolute Gasteiger partial charge is 0.291 e. The van der Waals surface area contributed by atoms with Gasteiger partial charge in [-0.2, -0.15) is 5.10 Å². The molecule has 22 heavy (non-hydrogen) atoms. The normalized spacial score (nSPS) is 11.2. The lowest BCUT2D eigenvalue weighted by atomic mass is 10.2. The third-order valence-electron chi connectivity index (χ3n) is 3.23. The van der Waals surface area contributed by atoms with Crippen molar-refractivity contribution in [2.24, 2.45) is 5.10 Å². The first kappa shape index (κ1) is 14.5. The molecule has 0 saturated heterocycles. The summed E-state index contributed by atoms with van der Waals surface area (Å²) in [6.07, 6.45) is 3.47. The number of pyridine rings is 1. The zero-order valence-electron chi connectivity index (χ0n) is 11.8. The van der Waals surface area contributed by atoms with Crippen LogP contribution in [0.2, 0.25) is 0 Å². The maximum atomic E-state index is 12.2. The van der Waals surface area contributed by atoms with Crippen molar-refractivity contribution in [2.45, 2.75) is 6.92 Å². The van der Waals surface area contributed by atoms with Crippen molar-refractivity contribution in [3.63, 3.8) is 0 Å². The van der Waals surface area contributed by atoms with E-state index in [9.17, 15) is 4.79 Å². The summed E-state index contributed by atoms with van der Waals surface area (Å²) >= 11 is 3.37. The number of hydrazone groups is 1. The molecular weight excluding hydrogens is 344 g/mol. The van der Waals surface area contributed by atoms with Crippen molar-refractivity contribution >= 4 is 33.7 Å². The fourth-order valence-electron chi connectivity index (χ4n) is 2.10. The second-order valence-electron chi connectivity index (χ2n) is 4.73.